The Bertz CT molecular complexity index is 699. The van der Waals surface area contributed by atoms with Crippen LogP contribution in [0.2, 0.25) is 5.02 Å². The molecule has 0 unspecified atom stereocenters. The van der Waals surface area contributed by atoms with Crippen molar-refractivity contribution in [2.75, 3.05) is 20.2 Å². The second-order valence-electron chi connectivity index (χ2n) is 4.16. The van der Waals surface area contributed by atoms with Crippen LogP contribution >= 0.6 is 11.6 Å². The van der Waals surface area contributed by atoms with Gasteiger partial charge in [0.1, 0.15) is 4.90 Å². The van der Waals surface area contributed by atoms with Gasteiger partial charge in [-0.15, -0.1) is 0 Å². The van der Waals surface area contributed by atoms with E-state index >= 15 is 0 Å². The van der Waals surface area contributed by atoms with Gasteiger partial charge in [0, 0.05) is 32.0 Å². The fraction of sp³-hybridized carbons (Fsp3) is 0.357. The maximum atomic E-state index is 12.3. The minimum Gasteiger partial charge on any atom is -0.395 e. The van der Waals surface area contributed by atoms with Crippen LogP contribution in [0.25, 0.3) is 0 Å². The molecule has 0 saturated heterocycles. The Hall–Kier alpha value is -1.57. The van der Waals surface area contributed by atoms with E-state index in [0.717, 1.165) is 4.31 Å². The van der Waals surface area contributed by atoms with Crippen molar-refractivity contribution in [1.29, 1.82) is 5.26 Å². The Morgan fingerprint density at radius 2 is 2.10 bits per heavy atom. The highest BCUT2D eigenvalue weighted by atomic mass is 35.5. The molecule has 21 heavy (non-hydrogen) atoms. The smallest absolute Gasteiger partial charge is 0.244 e. The lowest BCUT2D eigenvalue weighted by Gasteiger charge is -2.16. The number of nitriles is 1. The molecule has 1 N–H and O–H groups in total. The first kappa shape index (κ1) is 17.5. The summed E-state index contributed by atoms with van der Waals surface area (Å²) >= 11 is 6.02. The third kappa shape index (κ3) is 4.73. The van der Waals surface area contributed by atoms with Gasteiger partial charge in [0.15, 0.2) is 0 Å². The zero-order chi connectivity index (χ0) is 15.9. The van der Waals surface area contributed by atoms with Gasteiger partial charge < -0.3 is 5.11 Å². The zero-order valence-electron chi connectivity index (χ0n) is 11.5. The molecule has 0 aromatic heterocycles. The predicted molar refractivity (Wildman–Crippen MR) is 80.1 cm³/mol. The Balaban J connectivity index is 3.05. The van der Waals surface area contributed by atoms with Crippen LogP contribution < -0.4 is 0 Å². The summed E-state index contributed by atoms with van der Waals surface area (Å²) in [4.78, 5) is -0.0164. The summed E-state index contributed by atoms with van der Waals surface area (Å²) in [5, 5.41) is 17.2. The fourth-order valence-electron chi connectivity index (χ4n) is 1.50. The molecule has 0 fully saturated rings. The molecule has 7 heteroatoms. The predicted octanol–water partition coefficient (Wildman–Crippen LogP) is 1.61. The van der Waals surface area contributed by atoms with E-state index in [-0.39, 0.29) is 29.5 Å². The molecule has 1 aromatic carbocycles. The molecule has 5 nitrogen and oxygen atoms in total. The van der Waals surface area contributed by atoms with E-state index in [9.17, 15) is 8.42 Å². The number of hydrogen-bond donors (Lipinski definition) is 1. The van der Waals surface area contributed by atoms with Gasteiger partial charge in [0.2, 0.25) is 10.0 Å². The normalized spacial score (nSPS) is 10.8. The fourth-order valence-corrected chi connectivity index (χ4v) is 3.19. The second kappa shape index (κ2) is 8.02. The van der Waals surface area contributed by atoms with Crippen LogP contribution in [0.15, 0.2) is 23.1 Å². The topological polar surface area (TPSA) is 81.4 Å². The molecule has 1 aromatic rings. The van der Waals surface area contributed by atoms with E-state index in [1.165, 1.54) is 19.2 Å². The Morgan fingerprint density at radius 1 is 1.38 bits per heavy atom. The molecule has 0 amide bonds. The molecule has 0 aliphatic rings. The highest BCUT2D eigenvalue weighted by Gasteiger charge is 2.23. The Labute approximate surface area is 129 Å². The van der Waals surface area contributed by atoms with Crippen LogP contribution in [0, 0.1) is 23.2 Å². The lowest BCUT2D eigenvalue weighted by molar-refractivity contribution is 0.305. The first-order valence-corrected chi connectivity index (χ1v) is 7.98. The minimum absolute atomic E-state index is 0.0164. The summed E-state index contributed by atoms with van der Waals surface area (Å²) in [6.45, 7) is 0.0735. The van der Waals surface area contributed by atoms with Crippen LogP contribution in [0.4, 0.5) is 0 Å². The van der Waals surface area contributed by atoms with Gasteiger partial charge in [-0.2, -0.15) is 9.57 Å². The van der Waals surface area contributed by atoms with Crippen LogP contribution in [0.5, 0.6) is 0 Å². The van der Waals surface area contributed by atoms with Crippen molar-refractivity contribution in [1.82, 2.24) is 4.31 Å². The summed E-state index contributed by atoms with van der Waals surface area (Å²) in [6.07, 6.45) is 0.451. The van der Waals surface area contributed by atoms with Crippen molar-refractivity contribution in [3.63, 3.8) is 0 Å². The first-order valence-electron chi connectivity index (χ1n) is 6.16. The standard InChI is InChI=1S/C14H15ClN2O3S/c1-17(9-4-8-16)21(19,20)14-7-6-12(11-13(14)15)5-2-3-10-18/h6-7,11,18H,3-4,9-10H2,1H3. The molecule has 0 saturated carbocycles. The molecule has 0 spiro atoms. The number of aliphatic hydroxyl groups excluding tert-OH is 1. The molecule has 0 bridgehead atoms. The van der Waals surface area contributed by atoms with Gasteiger partial charge in [-0.1, -0.05) is 23.4 Å². The largest absolute Gasteiger partial charge is 0.395 e. The van der Waals surface area contributed by atoms with E-state index in [4.69, 9.17) is 22.0 Å². The molecule has 0 aliphatic carbocycles. The van der Waals surface area contributed by atoms with Crippen molar-refractivity contribution in [3.05, 3.63) is 28.8 Å². The average Bonchev–Trinajstić information content (AvgIpc) is 2.44. The van der Waals surface area contributed by atoms with E-state index in [0.29, 0.717) is 12.0 Å². The van der Waals surface area contributed by atoms with E-state index in [2.05, 4.69) is 11.8 Å². The van der Waals surface area contributed by atoms with Crippen molar-refractivity contribution in [3.8, 4) is 17.9 Å². The molecule has 0 aliphatic heterocycles. The summed E-state index contributed by atoms with van der Waals surface area (Å²) in [5.74, 6) is 5.52. The van der Waals surface area contributed by atoms with Crippen molar-refractivity contribution >= 4 is 21.6 Å². The maximum Gasteiger partial charge on any atom is 0.244 e. The number of rotatable bonds is 5. The molecule has 0 atom stereocenters. The van der Waals surface area contributed by atoms with Gasteiger partial charge in [0.05, 0.1) is 17.7 Å². The number of benzene rings is 1. The molecule has 0 heterocycles. The summed E-state index contributed by atoms with van der Waals surface area (Å²) in [5.41, 5.74) is 0.576. The monoisotopic (exact) mass is 326 g/mol. The molecule has 1 rings (SSSR count). The summed E-state index contributed by atoms with van der Waals surface area (Å²) in [7, 11) is -2.32. The van der Waals surface area contributed by atoms with E-state index < -0.39 is 10.0 Å². The molecular formula is C14H15ClN2O3S. The van der Waals surface area contributed by atoms with Gasteiger partial charge in [0.25, 0.3) is 0 Å². The Kier molecular flexibility index (Phi) is 6.67. The van der Waals surface area contributed by atoms with Gasteiger partial charge in [-0.25, -0.2) is 8.42 Å². The lowest BCUT2D eigenvalue weighted by Crippen LogP contribution is -2.28. The van der Waals surface area contributed by atoms with Crippen molar-refractivity contribution in [2.24, 2.45) is 0 Å². The zero-order valence-corrected chi connectivity index (χ0v) is 13.1. The number of nitrogens with zero attached hydrogens (tertiary/aromatic N) is 2. The summed E-state index contributed by atoms with van der Waals surface area (Å²) in [6, 6.07) is 6.32. The summed E-state index contributed by atoms with van der Waals surface area (Å²) < 4.78 is 25.7. The van der Waals surface area contributed by atoms with Gasteiger partial charge in [-0.3, -0.25) is 0 Å². The Morgan fingerprint density at radius 3 is 2.67 bits per heavy atom. The first-order chi connectivity index (χ1) is 9.93. The van der Waals surface area contributed by atoms with Crippen molar-refractivity contribution in [2.45, 2.75) is 17.7 Å². The van der Waals surface area contributed by atoms with E-state index in [1.54, 1.807) is 6.07 Å². The average molecular weight is 327 g/mol. The van der Waals surface area contributed by atoms with Crippen molar-refractivity contribution < 1.29 is 13.5 Å². The number of hydrogen-bond acceptors (Lipinski definition) is 4. The van der Waals surface area contributed by atoms with E-state index in [1.807, 2.05) is 6.07 Å². The number of halogens is 1. The van der Waals surface area contributed by atoms with Crippen LogP contribution in [0.3, 0.4) is 0 Å². The van der Waals surface area contributed by atoms with Crippen LogP contribution in [-0.2, 0) is 10.0 Å². The third-order valence-electron chi connectivity index (χ3n) is 2.63. The number of sulfonamides is 1. The lowest BCUT2D eigenvalue weighted by atomic mass is 10.2. The second-order valence-corrected chi connectivity index (χ2v) is 6.58. The highest BCUT2D eigenvalue weighted by Crippen LogP contribution is 2.25. The number of aliphatic hydroxyl groups is 1. The molecule has 0 radical (unpaired) electrons. The SMILES string of the molecule is CN(CCC#N)S(=O)(=O)c1ccc(C#CCCO)cc1Cl. The van der Waals surface area contributed by atoms with Gasteiger partial charge >= 0.3 is 0 Å². The van der Waals surface area contributed by atoms with Crippen LogP contribution in [-0.4, -0.2) is 38.0 Å². The maximum absolute atomic E-state index is 12.3. The third-order valence-corrected chi connectivity index (χ3v) is 4.97. The van der Waals surface area contributed by atoms with Gasteiger partial charge in [-0.05, 0) is 18.2 Å². The highest BCUT2D eigenvalue weighted by molar-refractivity contribution is 7.89. The molecular weight excluding hydrogens is 312 g/mol. The van der Waals surface area contributed by atoms with Crippen LogP contribution in [0.1, 0.15) is 18.4 Å². The molecule has 112 valence electrons. The minimum atomic E-state index is -3.72. The quantitative estimate of drug-likeness (QED) is 0.833.